The van der Waals surface area contributed by atoms with Crippen molar-refractivity contribution in [3.8, 4) is 0 Å². The van der Waals surface area contributed by atoms with Gasteiger partial charge in [0.1, 0.15) is 11.8 Å². The number of rotatable bonds is 8. The Labute approximate surface area is 113 Å². The quantitative estimate of drug-likeness (QED) is 0.752. The Morgan fingerprint density at radius 3 is 2.47 bits per heavy atom. The number of hydrogen-bond donors (Lipinski definition) is 2. The van der Waals surface area contributed by atoms with Gasteiger partial charge in [-0.3, -0.25) is 9.59 Å². The van der Waals surface area contributed by atoms with Crippen LogP contribution in [-0.4, -0.2) is 22.9 Å². The van der Waals surface area contributed by atoms with Crippen molar-refractivity contribution in [3.05, 3.63) is 35.9 Å². The lowest BCUT2D eigenvalue weighted by molar-refractivity contribution is -0.139. The number of ketones is 1. The molecule has 104 valence electrons. The number of carboxylic acids is 1. The van der Waals surface area contributed by atoms with E-state index in [1.165, 1.54) is 5.56 Å². The van der Waals surface area contributed by atoms with E-state index in [1.807, 2.05) is 30.3 Å². The summed E-state index contributed by atoms with van der Waals surface area (Å²) < 4.78 is 0. The summed E-state index contributed by atoms with van der Waals surface area (Å²) in [6, 6.07) is 9.03. The van der Waals surface area contributed by atoms with E-state index in [0.29, 0.717) is 6.42 Å². The first-order valence-electron chi connectivity index (χ1n) is 6.54. The van der Waals surface area contributed by atoms with Crippen LogP contribution in [0, 0.1) is 5.92 Å². The molecule has 0 bridgehead atoms. The topological polar surface area (TPSA) is 80.4 Å². The summed E-state index contributed by atoms with van der Waals surface area (Å²) in [5, 5.41) is 8.75. The SMILES string of the molecule is CC(CC(=O)CCCc1ccccc1)[C@H](N)C(=O)O. The lowest BCUT2D eigenvalue weighted by Crippen LogP contribution is -2.37. The number of carboxylic acid groups (broad SMARTS) is 1. The average Bonchev–Trinajstić information content (AvgIpc) is 2.38. The molecular weight excluding hydrogens is 242 g/mol. The van der Waals surface area contributed by atoms with Gasteiger partial charge < -0.3 is 10.8 Å². The van der Waals surface area contributed by atoms with Crippen LogP contribution < -0.4 is 5.73 Å². The van der Waals surface area contributed by atoms with E-state index in [1.54, 1.807) is 6.92 Å². The molecule has 0 aliphatic carbocycles. The van der Waals surface area contributed by atoms with Crippen LogP contribution >= 0.6 is 0 Å². The van der Waals surface area contributed by atoms with Gasteiger partial charge in [0, 0.05) is 12.8 Å². The highest BCUT2D eigenvalue weighted by molar-refractivity contribution is 5.80. The third kappa shape index (κ3) is 5.66. The first kappa shape index (κ1) is 15.4. The number of Topliss-reactive ketones (excluding diaryl/α,β-unsaturated/α-hetero) is 1. The molecule has 0 aliphatic heterocycles. The molecule has 3 N–H and O–H groups in total. The second kappa shape index (κ2) is 7.69. The molecule has 0 radical (unpaired) electrons. The summed E-state index contributed by atoms with van der Waals surface area (Å²) in [6.07, 6.45) is 2.37. The molecule has 0 aromatic heterocycles. The van der Waals surface area contributed by atoms with Gasteiger partial charge in [0.2, 0.25) is 0 Å². The fourth-order valence-electron chi connectivity index (χ4n) is 1.97. The molecule has 2 atom stereocenters. The van der Waals surface area contributed by atoms with Gasteiger partial charge in [-0.15, -0.1) is 0 Å². The number of aliphatic carboxylic acids is 1. The number of aryl methyl sites for hydroxylation is 1. The molecule has 4 nitrogen and oxygen atoms in total. The number of benzene rings is 1. The minimum Gasteiger partial charge on any atom is -0.480 e. The van der Waals surface area contributed by atoms with Crippen LogP contribution in [0.15, 0.2) is 30.3 Å². The van der Waals surface area contributed by atoms with Gasteiger partial charge >= 0.3 is 5.97 Å². The van der Waals surface area contributed by atoms with Crippen molar-refractivity contribution < 1.29 is 14.7 Å². The van der Waals surface area contributed by atoms with Crippen molar-refractivity contribution in [3.63, 3.8) is 0 Å². The Hall–Kier alpha value is -1.68. The van der Waals surface area contributed by atoms with E-state index in [0.717, 1.165) is 12.8 Å². The van der Waals surface area contributed by atoms with Gasteiger partial charge in [-0.25, -0.2) is 0 Å². The molecule has 1 aromatic carbocycles. The van der Waals surface area contributed by atoms with E-state index in [-0.39, 0.29) is 18.1 Å². The summed E-state index contributed by atoms with van der Waals surface area (Å²) >= 11 is 0. The highest BCUT2D eigenvalue weighted by atomic mass is 16.4. The summed E-state index contributed by atoms with van der Waals surface area (Å²) in [4.78, 5) is 22.4. The Balaban J connectivity index is 2.26. The molecule has 4 heteroatoms. The number of nitrogens with two attached hydrogens (primary N) is 1. The normalized spacial score (nSPS) is 13.8. The lowest BCUT2D eigenvalue weighted by Gasteiger charge is -2.14. The predicted molar refractivity (Wildman–Crippen MR) is 73.8 cm³/mol. The first-order valence-corrected chi connectivity index (χ1v) is 6.54. The number of carbonyl (C=O) groups excluding carboxylic acids is 1. The molecule has 0 heterocycles. The van der Waals surface area contributed by atoms with Crippen LogP contribution in [0.1, 0.15) is 31.7 Å². The van der Waals surface area contributed by atoms with Gasteiger partial charge in [-0.2, -0.15) is 0 Å². The van der Waals surface area contributed by atoms with Gasteiger partial charge in [0.05, 0.1) is 0 Å². The molecule has 0 aliphatic rings. The Morgan fingerprint density at radius 1 is 1.26 bits per heavy atom. The van der Waals surface area contributed by atoms with Crippen LogP contribution in [0.4, 0.5) is 0 Å². The van der Waals surface area contributed by atoms with Crippen LogP contribution in [0.25, 0.3) is 0 Å². The lowest BCUT2D eigenvalue weighted by atomic mass is 9.94. The monoisotopic (exact) mass is 263 g/mol. The third-order valence-corrected chi connectivity index (χ3v) is 3.21. The molecule has 0 amide bonds. The van der Waals surface area contributed by atoms with Crippen molar-refractivity contribution in [1.29, 1.82) is 0 Å². The summed E-state index contributed by atoms with van der Waals surface area (Å²) in [5.41, 5.74) is 6.69. The standard InChI is InChI=1S/C15H21NO3/c1-11(14(16)15(18)19)10-13(17)9-5-8-12-6-3-2-4-7-12/h2-4,6-7,11,14H,5,8-10,16H2,1H3,(H,18,19)/t11?,14-/m0/s1. The Kier molecular flexibility index (Phi) is 6.22. The van der Waals surface area contributed by atoms with Crippen LogP contribution in [0.2, 0.25) is 0 Å². The van der Waals surface area contributed by atoms with E-state index in [9.17, 15) is 9.59 Å². The van der Waals surface area contributed by atoms with Crippen molar-refractivity contribution in [2.45, 2.75) is 38.6 Å². The zero-order valence-corrected chi connectivity index (χ0v) is 11.2. The van der Waals surface area contributed by atoms with Gasteiger partial charge in [0.25, 0.3) is 0 Å². The van der Waals surface area contributed by atoms with Gasteiger partial charge in [0.15, 0.2) is 0 Å². The summed E-state index contributed by atoms with van der Waals surface area (Å²) in [5.74, 6) is -1.29. The van der Waals surface area contributed by atoms with Crippen molar-refractivity contribution >= 4 is 11.8 Å². The maximum atomic E-state index is 11.7. The molecule has 0 saturated heterocycles. The maximum absolute atomic E-state index is 11.7. The Morgan fingerprint density at radius 2 is 1.89 bits per heavy atom. The van der Waals surface area contributed by atoms with E-state index in [4.69, 9.17) is 10.8 Å². The smallest absolute Gasteiger partial charge is 0.320 e. The van der Waals surface area contributed by atoms with Crippen LogP contribution in [-0.2, 0) is 16.0 Å². The minimum absolute atomic E-state index is 0.0835. The maximum Gasteiger partial charge on any atom is 0.320 e. The molecule has 1 rings (SSSR count). The molecule has 0 saturated carbocycles. The second-order valence-electron chi connectivity index (χ2n) is 4.92. The average molecular weight is 263 g/mol. The zero-order chi connectivity index (χ0) is 14.3. The molecule has 0 spiro atoms. The molecule has 0 fully saturated rings. The summed E-state index contributed by atoms with van der Waals surface area (Å²) in [6.45, 7) is 1.70. The Bertz CT molecular complexity index is 417. The fourth-order valence-corrected chi connectivity index (χ4v) is 1.97. The minimum atomic E-state index is -1.05. The molecule has 19 heavy (non-hydrogen) atoms. The van der Waals surface area contributed by atoms with E-state index < -0.39 is 12.0 Å². The van der Waals surface area contributed by atoms with Crippen molar-refractivity contribution in [1.82, 2.24) is 0 Å². The van der Waals surface area contributed by atoms with Crippen molar-refractivity contribution in [2.24, 2.45) is 11.7 Å². The van der Waals surface area contributed by atoms with E-state index in [2.05, 4.69) is 0 Å². The van der Waals surface area contributed by atoms with Gasteiger partial charge in [-0.05, 0) is 24.3 Å². The van der Waals surface area contributed by atoms with Crippen LogP contribution in [0.3, 0.4) is 0 Å². The highest BCUT2D eigenvalue weighted by Gasteiger charge is 2.21. The largest absolute Gasteiger partial charge is 0.480 e. The van der Waals surface area contributed by atoms with Crippen LogP contribution in [0.5, 0.6) is 0 Å². The molecule has 1 unspecified atom stereocenters. The highest BCUT2D eigenvalue weighted by Crippen LogP contribution is 2.11. The van der Waals surface area contributed by atoms with Gasteiger partial charge in [-0.1, -0.05) is 37.3 Å². The zero-order valence-electron chi connectivity index (χ0n) is 11.2. The van der Waals surface area contributed by atoms with Crippen molar-refractivity contribution in [2.75, 3.05) is 0 Å². The molecular formula is C15H21NO3. The van der Waals surface area contributed by atoms with E-state index >= 15 is 0 Å². The second-order valence-corrected chi connectivity index (χ2v) is 4.92. The first-order chi connectivity index (χ1) is 9.00. The summed E-state index contributed by atoms with van der Waals surface area (Å²) in [7, 11) is 0. The number of hydrogen-bond acceptors (Lipinski definition) is 3. The third-order valence-electron chi connectivity index (χ3n) is 3.21. The molecule has 1 aromatic rings. The number of carbonyl (C=O) groups is 2. The predicted octanol–water partition coefficient (Wildman–Crippen LogP) is 2.02. The fraction of sp³-hybridized carbons (Fsp3) is 0.467.